The number of hydrogen-bond acceptors (Lipinski definition) is 10. The van der Waals surface area contributed by atoms with Crippen LogP contribution in [0.5, 0.6) is 0 Å². The molecular formula is C36H46F5N9O4. The highest BCUT2D eigenvalue weighted by atomic mass is 19.4. The standard InChI is InChI=1S/C34H45F2N9O2.C2HF3O2/c1-37-26-16-30(41-45-28(17-39-31(26)45)32(46)40-25-6-7-29(25)47-2)44-14-10-24-22(4-3-5-27(24)44)18-42-15-11-33(34(35,36)21-42)19-43(20-33)23-8-12-38-13-9-23;3-2(4,5)1(6)7/h3-5,16-17,23,25,29,37-38H,6-15,18-21H2,1-2H3,(H,40,46);(H,6,7)/t25-,29-;/m1./s1. The van der Waals surface area contributed by atoms with Gasteiger partial charge in [-0.3, -0.25) is 14.6 Å². The van der Waals surface area contributed by atoms with Gasteiger partial charge >= 0.3 is 12.1 Å². The van der Waals surface area contributed by atoms with Crippen LogP contribution >= 0.6 is 0 Å². The average Bonchev–Trinajstić information content (AvgIpc) is 3.74. The molecule has 294 valence electrons. The number of aromatic nitrogens is 3. The minimum absolute atomic E-state index is 0.0230. The fraction of sp³-hybridized carbons (Fsp3) is 0.611. The van der Waals surface area contributed by atoms with Gasteiger partial charge in [-0.15, -0.1) is 5.10 Å². The lowest BCUT2D eigenvalue weighted by Crippen LogP contribution is -2.71. The number of carboxylic acid groups (broad SMARTS) is 1. The number of anilines is 3. The number of piperidine rings is 2. The predicted molar refractivity (Wildman–Crippen MR) is 189 cm³/mol. The van der Waals surface area contributed by atoms with Crippen molar-refractivity contribution in [1.82, 2.24) is 35.0 Å². The highest BCUT2D eigenvalue weighted by Gasteiger charge is 2.63. The molecular weight excluding hydrogens is 717 g/mol. The van der Waals surface area contributed by atoms with E-state index < -0.39 is 23.5 Å². The second kappa shape index (κ2) is 14.8. The highest BCUT2D eigenvalue weighted by molar-refractivity contribution is 5.94. The van der Waals surface area contributed by atoms with E-state index >= 15 is 8.78 Å². The van der Waals surface area contributed by atoms with Crippen molar-refractivity contribution in [2.75, 3.05) is 70.2 Å². The van der Waals surface area contributed by atoms with Gasteiger partial charge in [-0.2, -0.15) is 13.2 Å². The number of nitrogens with zero attached hydrogens (tertiary/aromatic N) is 6. The fourth-order valence-electron chi connectivity index (χ4n) is 8.49. The molecule has 2 aromatic heterocycles. The lowest BCUT2D eigenvalue weighted by molar-refractivity contribution is -0.233. The van der Waals surface area contributed by atoms with E-state index in [2.05, 4.69) is 42.9 Å². The number of hydrogen-bond donors (Lipinski definition) is 4. The number of ether oxygens (including phenoxy) is 1. The maximum absolute atomic E-state index is 15.8. The summed E-state index contributed by atoms with van der Waals surface area (Å²) in [5, 5.41) is 21.7. The van der Waals surface area contributed by atoms with Crippen LogP contribution in [0.15, 0.2) is 30.5 Å². The number of halogens is 5. The molecule has 0 unspecified atom stereocenters. The highest BCUT2D eigenvalue weighted by Crippen LogP contribution is 2.51. The van der Waals surface area contributed by atoms with Crippen molar-refractivity contribution >= 4 is 34.7 Å². The summed E-state index contributed by atoms with van der Waals surface area (Å²) in [5.41, 5.74) is 4.10. The van der Waals surface area contributed by atoms with E-state index in [1.54, 1.807) is 17.8 Å². The summed E-state index contributed by atoms with van der Waals surface area (Å²) in [6.07, 6.45) is 1.73. The van der Waals surface area contributed by atoms with Crippen molar-refractivity contribution in [2.24, 2.45) is 5.41 Å². The monoisotopic (exact) mass is 763 g/mol. The molecule has 2 atom stereocenters. The third-order valence-electron chi connectivity index (χ3n) is 11.8. The molecule has 0 radical (unpaired) electrons. The maximum Gasteiger partial charge on any atom is 0.490 e. The van der Waals surface area contributed by atoms with Gasteiger partial charge in [0.25, 0.3) is 11.8 Å². The van der Waals surface area contributed by atoms with Gasteiger partial charge < -0.3 is 30.7 Å². The van der Waals surface area contributed by atoms with Crippen LogP contribution in [-0.4, -0.2) is 132 Å². The van der Waals surface area contributed by atoms with Gasteiger partial charge in [0.05, 0.1) is 36.0 Å². The molecule has 18 heteroatoms. The lowest BCUT2D eigenvalue weighted by atomic mass is 9.68. The number of carboxylic acids is 1. The van der Waals surface area contributed by atoms with Crippen molar-refractivity contribution in [3.8, 4) is 0 Å². The number of likely N-dealkylation sites (tertiary alicyclic amines) is 2. The van der Waals surface area contributed by atoms with Crippen molar-refractivity contribution in [3.05, 3.63) is 47.3 Å². The largest absolute Gasteiger partial charge is 0.490 e. The molecule has 1 spiro atoms. The Morgan fingerprint density at radius 1 is 1.09 bits per heavy atom. The van der Waals surface area contributed by atoms with E-state index in [0.717, 1.165) is 62.1 Å². The number of amides is 1. The number of imidazole rings is 1. The second-order valence-corrected chi connectivity index (χ2v) is 14.9. The topological polar surface area (TPSA) is 140 Å². The van der Waals surface area contributed by atoms with Crippen LogP contribution in [0.25, 0.3) is 5.65 Å². The number of aliphatic carboxylic acids is 1. The normalized spacial score (nSPS) is 23.9. The Kier molecular flexibility index (Phi) is 10.5. The van der Waals surface area contributed by atoms with Crippen molar-refractivity contribution < 1.29 is 41.4 Å². The van der Waals surface area contributed by atoms with Gasteiger partial charge in [-0.1, -0.05) is 12.1 Å². The zero-order valence-electron chi connectivity index (χ0n) is 30.3. The number of carbonyl (C=O) groups is 2. The van der Waals surface area contributed by atoms with Crippen LogP contribution in [0.2, 0.25) is 0 Å². The molecule has 0 bridgehead atoms. The summed E-state index contributed by atoms with van der Waals surface area (Å²) < 4.78 is 70.4. The Hall–Kier alpha value is -4.13. The summed E-state index contributed by atoms with van der Waals surface area (Å²) in [6, 6.07) is 8.53. The molecule has 8 rings (SSSR count). The number of rotatable bonds is 8. The molecule has 1 aromatic carbocycles. The van der Waals surface area contributed by atoms with Crippen molar-refractivity contribution in [1.29, 1.82) is 0 Å². The molecule has 5 aliphatic rings. The van der Waals surface area contributed by atoms with E-state index in [0.29, 0.717) is 62.3 Å². The van der Waals surface area contributed by atoms with Gasteiger partial charge in [0, 0.05) is 58.1 Å². The lowest BCUT2D eigenvalue weighted by Gasteiger charge is -2.59. The van der Waals surface area contributed by atoms with Crippen LogP contribution in [0.1, 0.15) is 53.7 Å². The second-order valence-electron chi connectivity index (χ2n) is 14.9. The summed E-state index contributed by atoms with van der Waals surface area (Å²) in [5.74, 6) is -5.01. The summed E-state index contributed by atoms with van der Waals surface area (Å²) in [7, 11) is 3.49. The van der Waals surface area contributed by atoms with E-state index in [1.165, 1.54) is 5.56 Å². The molecule has 3 aromatic rings. The Morgan fingerprint density at radius 3 is 2.46 bits per heavy atom. The first-order chi connectivity index (χ1) is 25.7. The number of benzene rings is 1. The first-order valence-corrected chi connectivity index (χ1v) is 18.4. The SMILES string of the molecule is CNc1cc(N2CCc3c(CN4CCC5(CN(C6CCNCC6)C5)C(F)(F)C4)cccc32)nn2c(C(=O)N[C@@H]3CC[C@H]3OC)cnc12.O=C(O)C(F)(F)F. The minimum Gasteiger partial charge on any atom is -0.475 e. The molecule has 6 heterocycles. The zero-order valence-corrected chi connectivity index (χ0v) is 30.3. The van der Waals surface area contributed by atoms with Gasteiger partial charge in [0.2, 0.25) is 0 Å². The Morgan fingerprint density at radius 2 is 1.83 bits per heavy atom. The Balaban J connectivity index is 0.000000588. The number of alkyl halides is 5. The first kappa shape index (κ1) is 38.2. The van der Waals surface area contributed by atoms with Gasteiger partial charge in [0.1, 0.15) is 0 Å². The van der Waals surface area contributed by atoms with Crippen molar-refractivity contribution in [3.63, 3.8) is 0 Å². The van der Waals surface area contributed by atoms with Gasteiger partial charge in [0.15, 0.2) is 17.2 Å². The third-order valence-corrected chi connectivity index (χ3v) is 11.8. The Bertz CT molecular complexity index is 1860. The summed E-state index contributed by atoms with van der Waals surface area (Å²) in [6.45, 7) is 4.71. The zero-order chi connectivity index (χ0) is 38.4. The van der Waals surface area contributed by atoms with Crippen LogP contribution in [-0.2, 0) is 22.5 Å². The predicted octanol–water partition coefficient (Wildman–Crippen LogP) is 3.90. The first-order valence-electron chi connectivity index (χ1n) is 18.4. The van der Waals surface area contributed by atoms with Crippen LogP contribution in [0.3, 0.4) is 0 Å². The van der Waals surface area contributed by atoms with E-state index in [-0.39, 0.29) is 24.6 Å². The molecule has 3 saturated heterocycles. The van der Waals surface area contributed by atoms with Gasteiger partial charge in [-0.25, -0.2) is 23.1 Å². The number of methoxy groups -OCH3 is 1. The van der Waals surface area contributed by atoms with E-state index in [1.807, 2.05) is 24.1 Å². The minimum atomic E-state index is -5.08. The quantitative estimate of drug-likeness (QED) is 0.249. The average molecular weight is 764 g/mol. The number of fused-ring (bicyclic) bond motifs is 2. The van der Waals surface area contributed by atoms with Crippen LogP contribution in [0.4, 0.5) is 39.1 Å². The van der Waals surface area contributed by atoms with Crippen molar-refractivity contribution in [2.45, 2.75) is 75.4 Å². The summed E-state index contributed by atoms with van der Waals surface area (Å²) in [4.78, 5) is 33.1. The fourth-order valence-corrected chi connectivity index (χ4v) is 8.49. The van der Waals surface area contributed by atoms with E-state index in [9.17, 15) is 18.0 Å². The molecule has 4 aliphatic heterocycles. The summed E-state index contributed by atoms with van der Waals surface area (Å²) >= 11 is 0. The molecule has 4 N–H and O–H groups in total. The third kappa shape index (κ3) is 7.20. The van der Waals surface area contributed by atoms with Crippen LogP contribution < -0.4 is 20.9 Å². The smallest absolute Gasteiger partial charge is 0.475 e. The molecule has 13 nitrogen and oxygen atoms in total. The number of carbonyl (C=O) groups excluding carboxylic acids is 1. The maximum atomic E-state index is 15.8. The molecule has 4 fully saturated rings. The molecule has 1 aliphatic carbocycles. The van der Waals surface area contributed by atoms with Crippen LogP contribution in [0, 0.1) is 5.41 Å². The molecule has 1 amide bonds. The van der Waals surface area contributed by atoms with E-state index in [4.69, 9.17) is 19.7 Å². The van der Waals surface area contributed by atoms with Gasteiger partial charge in [-0.05, 0) is 75.4 Å². The molecule has 54 heavy (non-hydrogen) atoms. The molecule has 1 saturated carbocycles. The number of nitrogens with one attached hydrogen (secondary N) is 3. The Labute approximate surface area is 309 Å².